The smallest absolute Gasteiger partial charge is 0.123 e. The number of hydrogen-bond acceptors (Lipinski definition) is 3. The summed E-state index contributed by atoms with van der Waals surface area (Å²) >= 11 is 0. The first-order chi connectivity index (χ1) is 8.83. The van der Waals surface area contributed by atoms with Gasteiger partial charge in [-0.3, -0.25) is 0 Å². The summed E-state index contributed by atoms with van der Waals surface area (Å²) in [5.74, 6) is 0.595. The summed E-state index contributed by atoms with van der Waals surface area (Å²) in [6, 6.07) is 12.6. The Labute approximate surface area is 107 Å². The summed E-state index contributed by atoms with van der Waals surface area (Å²) in [6.07, 6.45) is 4.18. The van der Waals surface area contributed by atoms with Crippen LogP contribution in [0.15, 0.2) is 42.6 Å². The van der Waals surface area contributed by atoms with E-state index >= 15 is 0 Å². The topological polar surface area (TPSA) is 42.1 Å². The molecular weight excluding hydrogens is 222 g/mol. The Morgan fingerprint density at radius 2 is 2.11 bits per heavy atom. The molecule has 3 nitrogen and oxygen atoms in total. The summed E-state index contributed by atoms with van der Waals surface area (Å²) < 4.78 is 0. The number of hydrogen-bond donors (Lipinski definition) is 1. The Bertz CT molecular complexity index is 551. The number of fused-ring (bicyclic) bond motifs is 1. The average Bonchev–Trinajstić information content (AvgIpc) is 2.39. The molecule has 0 bridgehead atoms. The Morgan fingerprint density at radius 1 is 1.22 bits per heavy atom. The molecule has 1 aliphatic heterocycles. The molecule has 0 spiro atoms. The van der Waals surface area contributed by atoms with Crippen LogP contribution in [0.4, 0.5) is 11.5 Å². The fraction of sp³-hybridized carbons (Fsp3) is 0.267. The highest BCUT2D eigenvalue weighted by atomic mass is 15.1. The molecule has 0 atom stereocenters. The molecule has 0 amide bonds. The van der Waals surface area contributed by atoms with Crippen LogP contribution >= 0.6 is 0 Å². The van der Waals surface area contributed by atoms with Crippen molar-refractivity contribution in [2.24, 2.45) is 0 Å². The summed E-state index contributed by atoms with van der Waals surface area (Å²) in [7, 11) is 0. The van der Waals surface area contributed by atoms with Crippen molar-refractivity contribution < 1.29 is 0 Å². The van der Waals surface area contributed by atoms with E-state index in [1.54, 1.807) is 6.20 Å². The highest BCUT2D eigenvalue weighted by molar-refractivity contribution is 5.55. The number of nitrogens with zero attached hydrogens (tertiary/aromatic N) is 2. The number of pyridine rings is 1. The van der Waals surface area contributed by atoms with Crippen LogP contribution in [0.1, 0.15) is 17.5 Å². The molecule has 2 aromatic rings. The number of para-hydroxylation sites is 1. The first-order valence-electron chi connectivity index (χ1n) is 6.36. The van der Waals surface area contributed by atoms with Crippen LogP contribution in [-0.2, 0) is 13.0 Å². The van der Waals surface area contributed by atoms with Gasteiger partial charge in [-0.2, -0.15) is 0 Å². The van der Waals surface area contributed by atoms with Crippen LogP contribution in [0, 0.1) is 0 Å². The third-order valence-corrected chi connectivity index (χ3v) is 3.43. The standard InChI is InChI=1S/C15H17N3/c16-15-10-12(7-8-17-15)11-18-9-3-5-13-4-1-2-6-14(13)18/h1-2,4,6-8,10H,3,5,9,11H2,(H2,16,17). The van der Waals surface area contributed by atoms with E-state index in [0.29, 0.717) is 5.82 Å². The molecule has 2 heterocycles. The lowest BCUT2D eigenvalue weighted by molar-refractivity contribution is 0.691. The van der Waals surface area contributed by atoms with Crippen LogP contribution in [0.3, 0.4) is 0 Å². The maximum absolute atomic E-state index is 5.73. The Morgan fingerprint density at radius 3 is 3.00 bits per heavy atom. The van der Waals surface area contributed by atoms with Crippen molar-refractivity contribution in [2.75, 3.05) is 17.2 Å². The Hall–Kier alpha value is -2.03. The van der Waals surface area contributed by atoms with E-state index in [1.807, 2.05) is 12.1 Å². The second-order valence-corrected chi connectivity index (χ2v) is 4.74. The van der Waals surface area contributed by atoms with Gasteiger partial charge in [0, 0.05) is 25.0 Å². The lowest BCUT2D eigenvalue weighted by Gasteiger charge is -2.31. The molecule has 0 aliphatic carbocycles. The number of aromatic nitrogens is 1. The summed E-state index contributed by atoms with van der Waals surface area (Å²) in [5, 5.41) is 0. The highest BCUT2D eigenvalue weighted by Crippen LogP contribution is 2.28. The van der Waals surface area contributed by atoms with E-state index in [0.717, 1.165) is 13.1 Å². The highest BCUT2D eigenvalue weighted by Gasteiger charge is 2.16. The summed E-state index contributed by atoms with van der Waals surface area (Å²) in [6.45, 7) is 2.02. The van der Waals surface area contributed by atoms with Gasteiger partial charge in [0.15, 0.2) is 0 Å². The van der Waals surface area contributed by atoms with E-state index < -0.39 is 0 Å². The van der Waals surface area contributed by atoms with E-state index in [-0.39, 0.29) is 0 Å². The van der Waals surface area contributed by atoms with Crippen LogP contribution < -0.4 is 10.6 Å². The van der Waals surface area contributed by atoms with Crippen LogP contribution in [-0.4, -0.2) is 11.5 Å². The molecule has 0 fully saturated rings. The molecule has 0 saturated heterocycles. The Kier molecular flexibility index (Phi) is 2.89. The van der Waals surface area contributed by atoms with Gasteiger partial charge < -0.3 is 10.6 Å². The largest absolute Gasteiger partial charge is 0.384 e. The normalized spacial score (nSPS) is 14.3. The number of nitrogens with two attached hydrogens (primary N) is 1. The Balaban J connectivity index is 1.86. The fourth-order valence-electron chi connectivity index (χ4n) is 2.59. The molecule has 3 rings (SSSR count). The van der Waals surface area contributed by atoms with E-state index in [2.05, 4.69) is 34.1 Å². The number of aryl methyl sites for hydroxylation is 1. The molecule has 0 radical (unpaired) electrons. The second kappa shape index (κ2) is 4.69. The molecule has 1 aliphatic rings. The molecule has 0 saturated carbocycles. The van der Waals surface area contributed by atoms with E-state index in [9.17, 15) is 0 Å². The van der Waals surface area contributed by atoms with Crippen molar-refractivity contribution in [1.82, 2.24) is 4.98 Å². The predicted octanol–water partition coefficient (Wildman–Crippen LogP) is 2.62. The first kappa shape index (κ1) is 11.1. The minimum atomic E-state index is 0.595. The van der Waals surface area contributed by atoms with Gasteiger partial charge in [-0.25, -0.2) is 4.98 Å². The minimum absolute atomic E-state index is 0.595. The fourth-order valence-corrected chi connectivity index (χ4v) is 2.59. The zero-order chi connectivity index (χ0) is 12.4. The quantitative estimate of drug-likeness (QED) is 0.876. The van der Waals surface area contributed by atoms with E-state index in [1.165, 1.54) is 29.7 Å². The van der Waals surface area contributed by atoms with Gasteiger partial charge >= 0.3 is 0 Å². The third kappa shape index (κ3) is 2.16. The average molecular weight is 239 g/mol. The van der Waals surface area contributed by atoms with Crippen molar-refractivity contribution in [1.29, 1.82) is 0 Å². The number of anilines is 2. The van der Waals surface area contributed by atoms with Gasteiger partial charge in [0.25, 0.3) is 0 Å². The van der Waals surface area contributed by atoms with Crippen molar-refractivity contribution in [3.05, 3.63) is 53.7 Å². The zero-order valence-corrected chi connectivity index (χ0v) is 10.3. The van der Waals surface area contributed by atoms with Crippen LogP contribution in [0.5, 0.6) is 0 Å². The van der Waals surface area contributed by atoms with Crippen molar-refractivity contribution in [3.63, 3.8) is 0 Å². The monoisotopic (exact) mass is 239 g/mol. The zero-order valence-electron chi connectivity index (χ0n) is 10.3. The first-order valence-corrected chi connectivity index (χ1v) is 6.36. The maximum atomic E-state index is 5.73. The SMILES string of the molecule is Nc1cc(CN2CCCc3ccccc32)ccn1. The summed E-state index contributed by atoms with van der Waals surface area (Å²) in [4.78, 5) is 6.46. The minimum Gasteiger partial charge on any atom is -0.384 e. The molecule has 0 unspecified atom stereocenters. The molecule has 18 heavy (non-hydrogen) atoms. The van der Waals surface area contributed by atoms with Crippen LogP contribution in [0.2, 0.25) is 0 Å². The second-order valence-electron chi connectivity index (χ2n) is 4.74. The lowest BCUT2D eigenvalue weighted by Crippen LogP contribution is -2.28. The van der Waals surface area contributed by atoms with Gasteiger partial charge in [-0.15, -0.1) is 0 Å². The van der Waals surface area contributed by atoms with Crippen LogP contribution in [0.25, 0.3) is 0 Å². The molecule has 1 aromatic heterocycles. The van der Waals surface area contributed by atoms with Gasteiger partial charge in [-0.1, -0.05) is 18.2 Å². The third-order valence-electron chi connectivity index (χ3n) is 3.43. The van der Waals surface area contributed by atoms with Crippen molar-refractivity contribution in [2.45, 2.75) is 19.4 Å². The molecule has 3 heteroatoms. The molecule has 1 aromatic carbocycles. The predicted molar refractivity (Wildman–Crippen MR) is 74.5 cm³/mol. The molecule has 2 N–H and O–H groups in total. The molecular formula is C15H17N3. The van der Waals surface area contributed by atoms with Crippen molar-refractivity contribution in [3.8, 4) is 0 Å². The van der Waals surface area contributed by atoms with Gasteiger partial charge in [0.2, 0.25) is 0 Å². The van der Waals surface area contributed by atoms with Gasteiger partial charge in [0.1, 0.15) is 5.82 Å². The summed E-state index contributed by atoms with van der Waals surface area (Å²) in [5.41, 5.74) is 9.76. The van der Waals surface area contributed by atoms with Crippen molar-refractivity contribution >= 4 is 11.5 Å². The maximum Gasteiger partial charge on any atom is 0.123 e. The van der Waals surface area contributed by atoms with E-state index in [4.69, 9.17) is 5.73 Å². The van der Waals surface area contributed by atoms with Gasteiger partial charge in [-0.05, 0) is 42.2 Å². The number of benzene rings is 1. The number of nitrogen functional groups attached to an aromatic ring is 1. The lowest BCUT2D eigenvalue weighted by atomic mass is 10.0. The number of rotatable bonds is 2. The van der Waals surface area contributed by atoms with Gasteiger partial charge in [0.05, 0.1) is 0 Å². The molecule has 92 valence electrons.